The van der Waals surface area contributed by atoms with Crippen LogP contribution in [0.3, 0.4) is 0 Å². The Kier molecular flexibility index (Phi) is 6.44. The number of hydrogen-bond donors (Lipinski definition) is 2. The summed E-state index contributed by atoms with van der Waals surface area (Å²) in [6.07, 6.45) is 5.25. The summed E-state index contributed by atoms with van der Waals surface area (Å²) < 4.78 is 5.62. The Bertz CT molecular complexity index is 535. The maximum absolute atomic E-state index is 10.9. The molecule has 142 valence electrons. The van der Waals surface area contributed by atoms with Crippen LogP contribution in [0.15, 0.2) is 12.4 Å². The third-order valence-corrected chi connectivity index (χ3v) is 5.06. The van der Waals surface area contributed by atoms with Gasteiger partial charge in [0.25, 0.3) is 0 Å². The second kappa shape index (κ2) is 8.00. The van der Waals surface area contributed by atoms with Crippen molar-refractivity contribution in [3.05, 3.63) is 18.2 Å². The average Bonchev–Trinajstić information content (AvgIpc) is 2.52. The number of hydrogen-bond acceptors (Lipinski definition) is 5. The fourth-order valence-electron chi connectivity index (χ4n) is 3.63. The van der Waals surface area contributed by atoms with Gasteiger partial charge < -0.3 is 15.2 Å². The lowest BCUT2D eigenvalue weighted by Crippen LogP contribution is -2.55. The van der Waals surface area contributed by atoms with E-state index in [1.165, 1.54) is 0 Å². The van der Waals surface area contributed by atoms with Gasteiger partial charge in [0.05, 0.1) is 30.6 Å². The maximum Gasteiger partial charge on any atom is 0.156 e. The number of aliphatic hydroxyl groups is 1. The van der Waals surface area contributed by atoms with E-state index in [-0.39, 0.29) is 23.6 Å². The largest absolute Gasteiger partial charge is 0.488 e. The highest BCUT2D eigenvalue weighted by atomic mass is 16.5. The summed E-state index contributed by atoms with van der Waals surface area (Å²) in [5.41, 5.74) is -0.164. The van der Waals surface area contributed by atoms with Crippen molar-refractivity contribution in [2.75, 3.05) is 0 Å². The van der Waals surface area contributed by atoms with Crippen molar-refractivity contribution in [3.63, 3.8) is 0 Å². The van der Waals surface area contributed by atoms with Crippen LogP contribution >= 0.6 is 0 Å². The Hall–Kier alpha value is -1.20. The number of nitrogens with zero attached hydrogens (tertiary/aromatic N) is 2. The zero-order valence-electron chi connectivity index (χ0n) is 16.8. The van der Waals surface area contributed by atoms with E-state index in [1.54, 1.807) is 12.4 Å². The summed E-state index contributed by atoms with van der Waals surface area (Å²) in [6.45, 7) is 14.7. The molecule has 0 radical (unpaired) electrons. The summed E-state index contributed by atoms with van der Waals surface area (Å²) in [5.74, 6) is 2.46. The number of ether oxygens (including phenoxy) is 1. The van der Waals surface area contributed by atoms with Crippen molar-refractivity contribution in [2.45, 2.75) is 85.6 Å². The van der Waals surface area contributed by atoms with E-state index in [4.69, 9.17) is 4.74 Å². The van der Waals surface area contributed by atoms with Crippen LogP contribution in [-0.2, 0) is 0 Å². The molecule has 0 spiro atoms. The third-order valence-electron chi connectivity index (χ3n) is 5.06. The molecule has 0 aromatic carbocycles. The molecule has 1 aromatic heterocycles. The average molecular weight is 350 g/mol. The van der Waals surface area contributed by atoms with Gasteiger partial charge in [-0.3, -0.25) is 0 Å². The first-order chi connectivity index (χ1) is 11.6. The highest BCUT2D eigenvalue weighted by molar-refractivity contribution is 5.14. The van der Waals surface area contributed by atoms with Crippen molar-refractivity contribution >= 4 is 0 Å². The summed E-state index contributed by atoms with van der Waals surface area (Å²) >= 11 is 0. The molecule has 2 heterocycles. The number of aliphatic hydroxyl groups excluding tert-OH is 1. The minimum absolute atomic E-state index is 0.0499. The molecule has 5 heteroatoms. The van der Waals surface area contributed by atoms with Crippen LogP contribution in [0.2, 0.25) is 0 Å². The lowest BCUT2D eigenvalue weighted by Gasteiger charge is -2.45. The van der Waals surface area contributed by atoms with Crippen LogP contribution in [0.25, 0.3) is 0 Å². The Labute approximate surface area is 152 Å². The van der Waals surface area contributed by atoms with Crippen LogP contribution in [0.1, 0.15) is 73.2 Å². The molecule has 4 unspecified atom stereocenters. The second-order valence-electron chi connectivity index (χ2n) is 8.98. The van der Waals surface area contributed by atoms with Gasteiger partial charge in [-0.2, -0.15) is 0 Å². The molecule has 1 fully saturated rings. The number of aromatic nitrogens is 2. The molecule has 0 aliphatic carbocycles. The predicted molar refractivity (Wildman–Crippen MR) is 100 cm³/mol. The van der Waals surface area contributed by atoms with E-state index in [1.807, 2.05) is 13.8 Å². The molecule has 0 saturated carbocycles. The molecule has 4 atom stereocenters. The summed E-state index contributed by atoms with van der Waals surface area (Å²) in [4.78, 5) is 9.00. The molecule has 0 amide bonds. The van der Waals surface area contributed by atoms with Gasteiger partial charge in [-0.25, -0.2) is 9.97 Å². The van der Waals surface area contributed by atoms with Gasteiger partial charge in [0, 0.05) is 6.04 Å². The zero-order chi connectivity index (χ0) is 18.8. The standard InChI is InChI=1S/C20H35N3O2/c1-12(2)15-8-9-16(23-17(15)18(24)20(5,6)7)19-21-10-14(11-22-19)25-13(3)4/h10-13,15-18,23-24H,8-9H2,1-7H3. The van der Waals surface area contributed by atoms with Crippen LogP contribution in [0.4, 0.5) is 0 Å². The number of piperidine rings is 1. The highest BCUT2D eigenvalue weighted by Gasteiger charge is 2.41. The van der Waals surface area contributed by atoms with E-state index < -0.39 is 6.10 Å². The monoisotopic (exact) mass is 349 g/mol. The molecule has 2 N–H and O–H groups in total. The smallest absolute Gasteiger partial charge is 0.156 e. The first-order valence-corrected chi connectivity index (χ1v) is 9.52. The topological polar surface area (TPSA) is 67.3 Å². The zero-order valence-corrected chi connectivity index (χ0v) is 16.8. The molecule has 1 aliphatic heterocycles. The van der Waals surface area contributed by atoms with Crippen molar-refractivity contribution in [1.29, 1.82) is 0 Å². The second-order valence-corrected chi connectivity index (χ2v) is 8.98. The predicted octanol–water partition coefficient (Wildman–Crippen LogP) is 3.74. The third kappa shape index (κ3) is 5.14. The van der Waals surface area contributed by atoms with E-state index in [0.29, 0.717) is 17.6 Å². The van der Waals surface area contributed by atoms with Crippen molar-refractivity contribution < 1.29 is 9.84 Å². The first kappa shape index (κ1) is 20.1. The Morgan fingerprint density at radius 2 is 1.72 bits per heavy atom. The van der Waals surface area contributed by atoms with Crippen LogP contribution in [-0.4, -0.2) is 33.3 Å². The van der Waals surface area contributed by atoms with Gasteiger partial charge in [-0.1, -0.05) is 34.6 Å². The molecule has 1 aromatic rings. The van der Waals surface area contributed by atoms with Crippen molar-refractivity contribution in [3.8, 4) is 5.75 Å². The van der Waals surface area contributed by atoms with Crippen LogP contribution in [0.5, 0.6) is 5.75 Å². The summed E-state index contributed by atoms with van der Waals surface area (Å²) in [5, 5.41) is 14.6. The van der Waals surface area contributed by atoms with Gasteiger partial charge in [0.15, 0.2) is 5.75 Å². The number of rotatable bonds is 5. The SMILES string of the molecule is CC(C)Oc1cnc(C2CCC(C(C)C)C(C(O)C(C)(C)C)N2)nc1. The summed E-state index contributed by atoms with van der Waals surface area (Å²) in [6, 6.07) is 0.124. The van der Waals surface area contributed by atoms with Crippen molar-refractivity contribution in [2.24, 2.45) is 17.3 Å². The maximum atomic E-state index is 10.9. The Balaban J connectivity index is 2.15. The lowest BCUT2D eigenvalue weighted by atomic mass is 9.72. The van der Waals surface area contributed by atoms with Crippen LogP contribution in [0, 0.1) is 17.3 Å². The molecule has 1 saturated heterocycles. The minimum atomic E-state index is -0.411. The van der Waals surface area contributed by atoms with Gasteiger partial charge in [-0.15, -0.1) is 0 Å². The van der Waals surface area contributed by atoms with Gasteiger partial charge in [0.1, 0.15) is 5.82 Å². The van der Waals surface area contributed by atoms with E-state index in [2.05, 4.69) is 49.9 Å². The molecule has 2 rings (SSSR count). The van der Waals surface area contributed by atoms with E-state index in [0.717, 1.165) is 18.7 Å². The quantitative estimate of drug-likeness (QED) is 0.848. The van der Waals surface area contributed by atoms with Crippen molar-refractivity contribution in [1.82, 2.24) is 15.3 Å². The molecule has 5 nitrogen and oxygen atoms in total. The molecule has 1 aliphatic rings. The Morgan fingerprint density at radius 3 is 2.20 bits per heavy atom. The number of nitrogens with one attached hydrogen (secondary N) is 1. The van der Waals surface area contributed by atoms with E-state index in [9.17, 15) is 5.11 Å². The Morgan fingerprint density at radius 1 is 1.12 bits per heavy atom. The minimum Gasteiger partial charge on any atom is -0.488 e. The molecule has 25 heavy (non-hydrogen) atoms. The first-order valence-electron chi connectivity index (χ1n) is 9.52. The fraction of sp³-hybridized carbons (Fsp3) is 0.800. The normalized spacial score (nSPS) is 26.1. The summed E-state index contributed by atoms with van der Waals surface area (Å²) in [7, 11) is 0. The van der Waals surface area contributed by atoms with Crippen LogP contribution < -0.4 is 10.1 Å². The van der Waals surface area contributed by atoms with Gasteiger partial charge in [-0.05, 0) is 43.9 Å². The molecular weight excluding hydrogens is 314 g/mol. The molecular formula is C20H35N3O2. The van der Waals surface area contributed by atoms with Gasteiger partial charge >= 0.3 is 0 Å². The van der Waals surface area contributed by atoms with E-state index >= 15 is 0 Å². The lowest BCUT2D eigenvalue weighted by molar-refractivity contribution is -0.0176. The van der Waals surface area contributed by atoms with Gasteiger partial charge in [0.2, 0.25) is 0 Å². The highest BCUT2D eigenvalue weighted by Crippen LogP contribution is 2.37. The molecule has 0 bridgehead atoms. The fourth-order valence-corrected chi connectivity index (χ4v) is 3.63.